The predicted molar refractivity (Wildman–Crippen MR) is 61.8 cm³/mol. The number of rotatable bonds is 3. The summed E-state index contributed by atoms with van der Waals surface area (Å²) in [6.45, 7) is 1.99. The average molecular weight is 218 g/mol. The highest BCUT2D eigenvalue weighted by Gasteiger charge is 2.14. The Morgan fingerprint density at radius 2 is 2.06 bits per heavy atom. The molecule has 0 bridgehead atoms. The number of ether oxygens (including phenoxy) is 1. The van der Waals surface area contributed by atoms with E-state index in [9.17, 15) is 0 Å². The molecule has 1 heterocycles. The Kier molecular flexibility index (Phi) is 2.92. The zero-order valence-corrected chi connectivity index (χ0v) is 9.31. The van der Waals surface area contributed by atoms with Gasteiger partial charge in [0.2, 0.25) is 5.88 Å². The molecule has 4 nitrogen and oxygen atoms in total. The summed E-state index contributed by atoms with van der Waals surface area (Å²) in [4.78, 5) is 0. The first-order valence-corrected chi connectivity index (χ1v) is 5.06. The maximum absolute atomic E-state index is 5.71. The highest BCUT2D eigenvalue weighted by Crippen LogP contribution is 2.32. The molecule has 0 amide bonds. The van der Waals surface area contributed by atoms with E-state index in [1.165, 1.54) is 0 Å². The molecule has 16 heavy (non-hydrogen) atoms. The summed E-state index contributed by atoms with van der Waals surface area (Å²) < 4.78 is 10.2. The average Bonchev–Trinajstić information content (AvgIpc) is 2.74. The van der Waals surface area contributed by atoms with Crippen molar-refractivity contribution >= 4 is 5.88 Å². The van der Waals surface area contributed by atoms with Crippen molar-refractivity contribution in [2.24, 2.45) is 0 Å². The van der Waals surface area contributed by atoms with Gasteiger partial charge in [0.05, 0.1) is 17.9 Å². The third kappa shape index (κ3) is 1.79. The maximum Gasteiger partial charge on any atom is 0.229 e. The molecule has 0 saturated carbocycles. The van der Waals surface area contributed by atoms with E-state index < -0.39 is 0 Å². The van der Waals surface area contributed by atoms with Crippen molar-refractivity contribution in [3.63, 3.8) is 0 Å². The first kappa shape index (κ1) is 10.7. The Balaban J connectivity index is 2.53. The minimum Gasteiger partial charge on any atom is -0.377 e. The Hall–Kier alpha value is -1.81. The van der Waals surface area contributed by atoms with Crippen molar-refractivity contribution in [2.45, 2.75) is 13.0 Å². The van der Waals surface area contributed by atoms with Gasteiger partial charge in [-0.2, -0.15) is 0 Å². The van der Waals surface area contributed by atoms with Gasteiger partial charge in [-0.25, -0.2) is 0 Å². The van der Waals surface area contributed by atoms with Crippen LogP contribution >= 0.6 is 0 Å². The first-order valence-electron chi connectivity index (χ1n) is 5.06. The lowest BCUT2D eigenvalue weighted by molar-refractivity contribution is 0.120. The molecule has 1 unspecified atom stereocenters. The smallest absolute Gasteiger partial charge is 0.229 e. The Morgan fingerprint density at radius 1 is 1.31 bits per heavy atom. The van der Waals surface area contributed by atoms with Crippen LogP contribution in [-0.2, 0) is 4.74 Å². The number of methoxy groups -OCH3 is 1. The monoisotopic (exact) mass is 218 g/mol. The molecule has 2 N–H and O–H groups in total. The van der Waals surface area contributed by atoms with Crippen LogP contribution in [0.5, 0.6) is 0 Å². The topological polar surface area (TPSA) is 61.3 Å². The quantitative estimate of drug-likeness (QED) is 0.860. The Morgan fingerprint density at radius 3 is 2.69 bits per heavy atom. The van der Waals surface area contributed by atoms with Gasteiger partial charge in [0, 0.05) is 7.11 Å². The van der Waals surface area contributed by atoms with Crippen LogP contribution in [0.15, 0.2) is 35.0 Å². The largest absolute Gasteiger partial charge is 0.377 e. The standard InChI is InChI=1S/C12H14N2O2/c1-8(15-2)9-5-3-4-6-10(9)11-7-14-16-12(11)13/h3-8H,13H2,1-2H3. The molecule has 2 rings (SSSR count). The molecule has 1 aromatic heterocycles. The summed E-state index contributed by atoms with van der Waals surface area (Å²) in [6, 6.07) is 7.91. The van der Waals surface area contributed by atoms with E-state index in [-0.39, 0.29) is 6.10 Å². The number of nitrogens with zero attached hydrogens (tertiary/aromatic N) is 1. The molecule has 0 aliphatic heterocycles. The number of hydrogen-bond acceptors (Lipinski definition) is 4. The molecule has 1 atom stereocenters. The van der Waals surface area contributed by atoms with Crippen LogP contribution < -0.4 is 5.73 Å². The normalized spacial score (nSPS) is 12.6. The van der Waals surface area contributed by atoms with Gasteiger partial charge in [-0.3, -0.25) is 0 Å². The molecule has 0 spiro atoms. The van der Waals surface area contributed by atoms with E-state index in [1.54, 1.807) is 13.3 Å². The number of hydrogen-bond donors (Lipinski definition) is 1. The minimum atomic E-state index is 0.00509. The molecular formula is C12H14N2O2. The van der Waals surface area contributed by atoms with E-state index in [2.05, 4.69) is 5.16 Å². The molecular weight excluding hydrogens is 204 g/mol. The molecule has 4 heteroatoms. The van der Waals surface area contributed by atoms with E-state index in [4.69, 9.17) is 15.0 Å². The third-order valence-electron chi connectivity index (χ3n) is 2.64. The molecule has 2 aromatic rings. The van der Waals surface area contributed by atoms with Gasteiger partial charge in [-0.05, 0) is 18.1 Å². The number of aromatic nitrogens is 1. The summed E-state index contributed by atoms with van der Waals surface area (Å²) in [5, 5.41) is 3.68. The maximum atomic E-state index is 5.71. The van der Waals surface area contributed by atoms with Gasteiger partial charge in [-0.1, -0.05) is 29.4 Å². The van der Waals surface area contributed by atoms with Crippen LogP contribution in [0.2, 0.25) is 0 Å². The first-order chi connectivity index (χ1) is 7.74. The van der Waals surface area contributed by atoms with Crippen LogP contribution in [-0.4, -0.2) is 12.3 Å². The molecule has 0 aliphatic carbocycles. The van der Waals surface area contributed by atoms with E-state index in [0.717, 1.165) is 16.7 Å². The van der Waals surface area contributed by atoms with Crippen molar-refractivity contribution in [3.05, 3.63) is 36.0 Å². The molecule has 1 aromatic carbocycles. The number of nitrogens with two attached hydrogens (primary N) is 1. The molecule has 0 saturated heterocycles. The van der Waals surface area contributed by atoms with Crippen LogP contribution in [0.25, 0.3) is 11.1 Å². The lowest BCUT2D eigenvalue weighted by Crippen LogP contribution is -1.98. The molecule has 0 fully saturated rings. The molecule has 0 radical (unpaired) electrons. The van der Waals surface area contributed by atoms with Crippen LogP contribution in [0.3, 0.4) is 0 Å². The highest BCUT2D eigenvalue weighted by molar-refractivity contribution is 5.74. The Labute approximate surface area is 94.0 Å². The van der Waals surface area contributed by atoms with Crippen molar-refractivity contribution in [3.8, 4) is 11.1 Å². The van der Waals surface area contributed by atoms with Crippen molar-refractivity contribution < 1.29 is 9.26 Å². The summed E-state index contributed by atoms with van der Waals surface area (Å²) in [6.07, 6.45) is 1.63. The van der Waals surface area contributed by atoms with Crippen LogP contribution in [0.4, 0.5) is 5.88 Å². The minimum absolute atomic E-state index is 0.00509. The van der Waals surface area contributed by atoms with Gasteiger partial charge in [0.25, 0.3) is 0 Å². The van der Waals surface area contributed by atoms with E-state index in [0.29, 0.717) is 5.88 Å². The summed E-state index contributed by atoms with van der Waals surface area (Å²) in [5.74, 6) is 0.329. The van der Waals surface area contributed by atoms with Crippen molar-refractivity contribution in [2.75, 3.05) is 12.8 Å². The summed E-state index contributed by atoms with van der Waals surface area (Å²) >= 11 is 0. The van der Waals surface area contributed by atoms with Gasteiger partial charge >= 0.3 is 0 Å². The second-order valence-corrected chi connectivity index (χ2v) is 3.57. The lowest BCUT2D eigenvalue weighted by Gasteiger charge is -2.13. The van der Waals surface area contributed by atoms with Gasteiger partial charge in [0.15, 0.2) is 0 Å². The van der Waals surface area contributed by atoms with Crippen LogP contribution in [0, 0.1) is 0 Å². The SMILES string of the molecule is COC(C)c1ccccc1-c1cnoc1N. The second-order valence-electron chi connectivity index (χ2n) is 3.57. The predicted octanol–water partition coefficient (Wildman–Crippen LogP) is 2.63. The van der Waals surface area contributed by atoms with Gasteiger partial charge < -0.3 is 15.0 Å². The van der Waals surface area contributed by atoms with Gasteiger partial charge in [0.1, 0.15) is 0 Å². The number of nitrogen functional groups attached to an aromatic ring is 1. The van der Waals surface area contributed by atoms with E-state index in [1.807, 2.05) is 31.2 Å². The van der Waals surface area contributed by atoms with Crippen molar-refractivity contribution in [1.82, 2.24) is 5.16 Å². The zero-order chi connectivity index (χ0) is 11.5. The summed E-state index contributed by atoms with van der Waals surface area (Å²) in [5.41, 5.74) is 8.58. The summed E-state index contributed by atoms with van der Waals surface area (Å²) in [7, 11) is 1.68. The third-order valence-corrected chi connectivity index (χ3v) is 2.64. The number of benzene rings is 1. The fraction of sp³-hybridized carbons (Fsp3) is 0.250. The number of anilines is 1. The highest BCUT2D eigenvalue weighted by atomic mass is 16.5. The lowest BCUT2D eigenvalue weighted by atomic mass is 9.98. The zero-order valence-electron chi connectivity index (χ0n) is 9.31. The fourth-order valence-corrected chi connectivity index (χ4v) is 1.67. The molecule has 84 valence electrons. The fourth-order valence-electron chi connectivity index (χ4n) is 1.67. The van der Waals surface area contributed by atoms with E-state index >= 15 is 0 Å². The molecule has 0 aliphatic rings. The van der Waals surface area contributed by atoms with Crippen LogP contribution in [0.1, 0.15) is 18.6 Å². The van der Waals surface area contributed by atoms with Gasteiger partial charge in [-0.15, -0.1) is 0 Å². The Bertz CT molecular complexity index is 479. The van der Waals surface area contributed by atoms with Crippen molar-refractivity contribution in [1.29, 1.82) is 0 Å². The second kappa shape index (κ2) is 4.37.